The number of carbonyl (C=O) groups is 2. The van der Waals surface area contributed by atoms with Crippen LogP contribution in [0.15, 0.2) is 29.4 Å². The quantitative estimate of drug-likeness (QED) is 0.614. The van der Waals surface area contributed by atoms with E-state index >= 15 is 0 Å². The fraction of sp³-hybridized carbons (Fsp3) is 0.357. The third-order valence-electron chi connectivity index (χ3n) is 2.80. The maximum Gasteiger partial charge on any atom is 0.311 e. The van der Waals surface area contributed by atoms with Crippen LogP contribution >= 0.6 is 0 Å². The molecule has 1 heterocycles. The van der Waals surface area contributed by atoms with Crippen molar-refractivity contribution in [1.29, 1.82) is 0 Å². The van der Waals surface area contributed by atoms with Gasteiger partial charge in [-0.2, -0.15) is 5.10 Å². The van der Waals surface area contributed by atoms with Crippen LogP contribution in [-0.2, 0) is 16.1 Å². The van der Waals surface area contributed by atoms with Crippen molar-refractivity contribution in [2.45, 2.75) is 26.8 Å². The summed E-state index contributed by atoms with van der Waals surface area (Å²) in [6.07, 6.45) is 0.105. The Labute approximate surface area is 111 Å². The molecule has 0 aliphatic carbocycles. The summed E-state index contributed by atoms with van der Waals surface area (Å²) in [7, 11) is 0. The minimum Gasteiger partial charge on any atom is -0.466 e. The molecular formula is C14H16N2O3. The highest BCUT2D eigenvalue weighted by molar-refractivity contribution is 6.01. The molecule has 0 fully saturated rings. The normalized spacial score (nSPS) is 14.5. The fourth-order valence-corrected chi connectivity index (χ4v) is 1.98. The third kappa shape index (κ3) is 2.99. The number of nitrogens with zero attached hydrogens (tertiary/aromatic N) is 2. The van der Waals surface area contributed by atoms with E-state index in [1.54, 1.807) is 19.9 Å². The number of hydrogen-bond acceptors (Lipinski definition) is 4. The van der Waals surface area contributed by atoms with Gasteiger partial charge in [0.2, 0.25) is 0 Å². The van der Waals surface area contributed by atoms with Gasteiger partial charge in [0, 0.05) is 11.3 Å². The van der Waals surface area contributed by atoms with Gasteiger partial charge in [0.25, 0.3) is 5.91 Å². The summed E-state index contributed by atoms with van der Waals surface area (Å²) < 4.78 is 4.84. The van der Waals surface area contributed by atoms with Crippen LogP contribution in [0.25, 0.3) is 0 Å². The van der Waals surface area contributed by atoms with Crippen molar-refractivity contribution >= 4 is 17.6 Å². The monoisotopic (exact) mass is 260 g/mol. The average Bonchev–Trinajstić information content (AvgIpc) is 2.67. The minimum atomic E-state index is -0.326. The van der Waals surface area contributed by atoms with Crippen molar-refractivity contribution < 1.29 is 14.3 Å². The van der Waals surface area contributed by atoms with Crippen LogP contribution in [0.4, 0.5) is 0 Å². The summed E-state index contributed by atoms with van der Waals surface area (Å²) in [4.78, 5) is 23.4. The number of rotatable bonds is 4. The van der Waals surface area contributed by atoms with E-state index in [4.69, 9.17) is 4.74 Å². The van der Waals surface area contributed by atoms with E-state index < -0.39 is 0 Å². The SMILES string of the molecule is CCOC(=O)CC(C)=NN1Cc2ccccc2C1=O. The second kappa shape index (κ2) is 5.65. The van der Waals surface area contributed by atoms with Crippen LogP contribution in [0.2, 0.25) is 0 Å². The van der Waals surface area contributed by atoms with Gasteiger partial charge < -0.3 is 4.74 Å². The first kappa shape index (κ1) is 13.3. The maximum absolute atomic E-state index is 12.0. The molecule has 0 spiro atoms. The number of esters is 1. The Hall–Kier alpha value is -2.17. The molecule has 0 aromatic heterocycles. The van der Waals surface area contributed by atoms with Crippen molar-refractivity contribution in [3.8, 4) is 0 Å². The Kier molecular flexibility index (Phi) is 3.94. The van der Waals surface area contributed by atoms with E-state index in [1.807, 2.05) is 18.2 Å². The van der Waals surface area contributed by atoms with Crippen molar-refractivity contribution in [3.63, 3.8) is 0 Å². The molecule has 0 N–H and O–H groups in total. The Balaban J connectivity index is 2.05. The lowest BCUT2D eigenvalue weighted by Gasteiger charge is -2.10. The number of benzene rings is 1. The predicted octanol–water partition coefficient (Wildman–Crippen LogP) is 1.97. The van der Waals surface area contributed by atoms with Gasteiger partial charge in [-0.15, -0.1) is 0 Å². The summed E-state index contributed by atoms with van der Waals surface area (Å²) in [6.45, 7) is 4.27. The van der Waals surface area contributed by atoms with Crippen molar-refractivity contribution in [3.05, 3.63) is 35.4 Å². The van der Waals surface area contributed by atoms with E-state index in [0.29, 0.717) is 24.4 Å². The van der Waals surface area contributed by atoms with Gasteiger partial charge in [0.05, 0.1) is 19.6 Å². The summed E-state index contributed by atoms with van der Waals surface area (Å²) in [5, 5.41) is 5.58. The lowest BCUT2D eigenvalue weighted by atomic mass is 10.1. The molecule has 100 valence electrons. The van der Waals surface area contributed by atoms with Crippen LogP contribution < -0.4 is 0 Å². The summed E-state index contributed by atoms with van der Waals surface area (Å²) >= 11 is 0. The molecule has 5 nitrogen and oxygen atoms in total. The van der Waals surface area contributed by atoms with Crippen LogP contribution in [0.1, 0.15) is 36.2 Å². The van der Waals surface area contributed by atoms with Crippen LogP contribution in [0.3, 0.4) is 0 Å². The molecule has 1 aromatic carbocycles. The number of carbonyl (C=O) groups excluding carboxylic acids is 2. The molecule has 0 radical (unpaired) electrons. The van der Waals surface area contributed by atoms with Gasteiger partial charge in [0.1, 0.15) is 0 Å². The molecule has 1 aliphatic heterocycles. The van der Waals surface area contributed by atoms with Gasteiger partial charge >= 0.3 is 5.97 Å². The largest absolute Gasteiger partial charge is 0.466 e. The highest BCUT2D eigenvalue weighted by Crippen LogP contribution is 2.22. The first-order valence-electron chi connectivity index (χ1n) is 6.21. The Morgan fingerprint density at radius 2 is 2.16 bits per heavy atom. The van der Waals surface area contributed by atoms with Crippen molar-refractivity contribution in [2.24, 2.45) is 5.10 Å². The first-order chi connectivity index (χ1) is 9.11. The van der Waals surface area contributed by atoms with Gasteiger partial charge in [-0.25, -0.2) is 5.01 Å². The molecule has 0 saturated heterocycles. The van der Waals surface area contributed by atoms with Gasteiger partial charge in [-0.1, -0.05) is 18.2 Å². The maximum atomic E-state index is 12.0. The van der Waals surface area contributed by atoms with Gasteiger partial charge in [-0.3, -0.25) is 9.59 Å². The second-order valence-corrected chi connectivity index (χ2v) is 4.34. The Morgan fingerprint density at radius 3 is 2.84 bits per heavy atom. The summed E-state index contributed by atoms with van der Waals surface area (Å²) in [6, 6.07) is 7.41. The van der Waals surface area contributed by atoms with Crippen LogP contribution in [-0.4, -0.2) is 29.2 Å². The van der Waals surface area contributed by atoms with E-state index in [0.717, 1.165) is 5.56 Å². The topological polar surface area (TPSA) is 59.0 Å². The highest BCUT2D eigenvalue weighted by atomic mass is 16.5. The predicted molar refractivity (Wildman–Crippen MR) is 70.7 cm³/mol. The fourth-order valence-electron chi connectivity index (χ4n) is 1.98. The van der Waals surface area contributed by atoms with Gasteiger partial charge in [0.15, 0.2) is 0 Å². The van der Waals surface area contributed by atoms with Gasteiger partial charge in [-0.05, 0) is 25.5 Å². The number of hydrazone groups is 1. The molecule has 0 bridgehead atoms. The molecule has 1 aliphatic rings. The molecule has 0 unspecified atom stereocenters. The molecule has 1 amide bonds. The molecule has 0 atom stereocenters. The number of fused-ring (bicyclic) bond motifs is 1. The summed E-state index contributed by atoms with van der Waals surface area (Å²) in [5.41, 5.74) is 2.20. The van der Waals surface area contributed by atoms with Crippen molar-refractivity contribution in [2.75, 3.05) is 6.61 Å². The van der Waals surface area contributed by atoms with E-state index in [-0.39, 0.29) is 18.3 Å². The Bertz CT molecular complexity index is 537. The molecular weight excluding hydrogens is 244 g/mol. The van der Waals surface area contributed by atoms with Crippen LogP contribution in [0.5, 0.6) is 0 Å². The van der Waals surface area contributed by atoms with Crippen LogP contribution in [0, 0.1) is 0 Å². The summed E-state index contributed by atoms with van der Waals surface area (Å²) in [5.74, 6) is -0.452. The molecule has 2 rings (SSSR count). The zero-order valence-electron chi connectivity index (χ0n) is 11.0. The number of hydrogen-bond donors (Lipinski definition) is 0. The zero-order valence-corrected chi connectivity index (χ0v) is 11.0. The highest BCUT2D eigenvalue weighted by Gasteiger charge is 2.26. The lowest BCUT2D eigenvalue weighted by Crippen LogP contribution is -2.20. The van der Waals surface area contributed by atoms with E-state index in [9.17, 15) is 9.59 Å². The number of ether oxygens (including phenoxy) is 1. The smallest absolute Gasteiger partial charge is 0.311 e. The van der Waals surface area contributed by atoms with Crippen molar-refractivity contribution in [1.82, 2.24) is 5.01 Å². The molecule has 1 aromatic rings. The van der Waals surface area contributed by atoms with E-state index in [1.165, 1.54) is 5.01 Å². The molecule has 5 heteroatoms. The second-order valence-electron chi connectivity index (χ2n) is 4.34. The average molecular weight is 260 g/mol. The standard InChI is InChI=1S/C14H16N2O3/c1-3-19-13(17)8-10(2)15-16-9-11-6-4-5-7-12(11)14(16)18/h4-7H,3,8-9H2,1-2H3. The third-order valence-corrected chi connectivity index (χ3v) is 2.80. The number of amides is 1. The molecule has 0 saturated carbocycles. The van der Waals surface area contributed by atoms with E-state index in [2.05, 4.69) is 5.10 Å². The first-order valence-corrected chi connectivity index (χ1v) is 6.21. The Morgan fingerprint density at radius 1 is 1.42 bits per heavy atom. The molecule has 19 heavy (non-hydrogen) atoms. The lowest BCUT2D eigenvalue weighted by molar-refractivity contribution is -0.141. The minimum absolute atomic E-state index is 0.105. The zero-order chi connectivity index (χ0) is 13.8.